The summed E-state index contributed by atoms with van der Waals surface area (Å²) in [5.74, 6) is 0. The van der Waals surface area contributed by atoms with Crippen LogP contribution in [-0.2, 0) is 0 Å². The highest BCUT2D eigenvalue weighted by Gasteiger charge is 2.06. The van der Waals surface area contributed by atoms with Gasteiger partial charge in [0.05, 0.1) is 0 Å². The fraction of sp³-hybridized carbons (Fsp3) is 0. The molecule has 0 aliphatic rings. The lowest BCUT2D eigenvalue weighted by atomic mass is 9.64. The van der Waals surface area contributed by atoms with E-state index in [4.69, 9.17) is 0 Å². The van der Waals surface area contributed by atoms with Crippen molar-refractivity contribution in [3.8, 4) is 11.1 Å². The van der Waals surface area contributed by atoms with Gasteiger partial charge in [-0.1, -0.05) is 93.6 Å². The van der Waals surface area contributed by atoms with Crippen LogP contribution in [0.25, 0.3) is 11.1 Å². The van der Waals surface area contributed by atoms with Crippen LogP contribution in [0.2, 0.25) is 0 Å². The van der Waals surface area contributed by atoms with Gasteiger partial charge in [0.1, 0.15) is 0 Å². The zero-order valence-electron chi connectivity index (χ0n) is 11.4. The maximum Gasteiger partial charge on any atom is 0.193 e. The van der Waals surface area contributed by atoms with Crippen molar-refractivity contribution in [1.29, 1.82) is 0 Å². The number of rotatable bonds is 3. The summed E-state index contributed by atoms with van der Waals surface area (Å²) in [5.41, 5.74) is 5.12. The quantitative estimate of drug-likeness (QED) is 0.577. The summed E-state index contributed by atoms with van der Waals surface area (Å²) in [4.78, 5) is 0. The predicted molar refractivity (Wildman–Crippen MR) is 100 cm³/mol. The van der Waals surface area contributed by atoms with Gasteiger partial charge in [-0.15, -0.1) is 0 Å². The molecular formula is C18H13BBr2. The zero-order chi connectivity index (χ0) is 14.7. The highest BCUT2D eigenvalue weighted by atomic mass is 79.9. The van der Waals surface area contributed by atoms with Crippen molar-refractivity contribution >= 4 is 50.1 Å². The number of benzene rings is 3. The van der Waals surface area contributed by atoms with E-state index in [0.717, 1.165) is 16.2 Å². The second-order valence-electron chi connectivity index (χ2n) is 4.95. The molecular weight excluding hydrogens is 387 g/mol. The topological polar surface area (TPSA) is 0 Å². The fourth-order valence-corrected chi connectivity index (χ4v) is 3.16. The molecule has 21 heavy (non-hydrogen) atoms. The first-order valence-electron chi connectivity index (χ1n) is 6.81. The van der Waals surface area contributed by atoms with Gasteiger partial charge < -0.3 is 0 Å². The molecule has 3 aromatic rings. The highest BCUT2D eigenvalue weighted by molar-refractivity contribution is 9.13. The van der Waals surface area contributed by atoms with Crippen LogP contribution in [0.3, 0.4) is 0 Å². The van der Waals surface area contributed by atoms with E-state index in [1.165, 1.54) is 22.1 Å². The van der Waals surface area contributed by atoms with Gasteiger partial charge >= 0.3 is 0 Å². The first-order valence-corrected chi connectivity index (χ1v) is 8.40. The molecule has 0 radical (unpaired) electrons. The number of hydrogen-bond donors (Lipinski definition) is 0. The molecule has 0 aliphatic carbocycles. The minimum Gasteiger partial charge on any atom is -0.0785 e. The molecule has 0 aromatic heterocycles. The summed E-state index contributed by atoms with van der Waals surface area (Å²) < 4.78 is 2.23. The van der Waals surface area contributed by atoms with Gasteiger partial charge in [-0.05, 0) is 33.1 Å². The van der Waals surface area contributed by atoms with E-state index in [-0.39, 0.29) is 0 Å². The van der Waals surface area contributed by atoms with Crippen molar-refractivity contribution in [2.24, 2.45) is 0 Å². The number of hydrogen-bond acceptors (Lipinski definition) is 0. The predicted octanol–water partition coefficient (Wildman–Crippen LogP) is 4.27. The van der Waals surface area contributed by atoms with Crippen LogP contribution in [0, 0.1) is 0 Å². The maximum atomic E-state index is 3.64. The van der Waals surface area contributed by atoms with E-state index in [1.807, 2.05) is 12.1 Å². The molecule has 0 bridgehead atoms. The van der Waals surface area contributed by atoms with E-state index < -0.39 is 0 Å². The Kier molecular flexibility index (Phi) is 4.62. The van der Waals surface area contributed by atoms with Crippen LogP contribution < -0.4 is 10.9 Å². The minimum absolute atomic E-state index is 0.926. The standard InChI is InChI=1S/C18H13BBr2/c20-17-8-4-7-16(18(17)21)19-15-11-9-14(10-12-15)13-5-2-1-3-6-13/h1-12,19H. The van der Waals surface area contributed by atoms with E-state index in [1.54, 1.807) is 0 Å². The SMILES string of the molecule is Brc1cccc(Bc2ccc(-c3ccccc3)cc2)c1Br. The molecule has 3 rings (SSSR count). The summed E-state index contributed by atoms with van der Waals surface area (Å²) in [7, 11) is 0.926. The lowest BCUT2D eigenvalue weighted by molar-refractivity contribution is 1.63. The molecule has 3 heteroatoms. The Balaban J connectivity index is 1.83. The van der Waals surface area contributed by atoms with Gasteiger partial charge in [0.2, 0.25) is 0 Å². The monoisotopic (exact) mass is 398 g/mol. The van der Waals surface area contributed by atoms with Gasteiger partial charge in [-0.2, -0.15) is 0 Å². The summed E-state index contributed by atoms with van der Waals surface area (Å²) in [6, 6.07) is 25.5. The minimum atomic E-state index is 0.926. The Labute approximate surface area is 142 Å². The van der Waals surface area contributed by atoms with E-state index in [9.17, 15) is 0 Å². The normalized spacial score (nSPS) is 10.4. The van der Waals surface area contributed by atoms with Gasteiger partial charge in [0.25, 0.3) is 0 Å². The lowest BCUT2D eigenvalue weighted by Gasteiger charge is -2.07. The average Bonchev–Trinajstić information content (AvgIpc) is 2.53. The average molecular weight is 400 g/mol. The molecule has 3 aromatic carbocycles. The second kappa shape index (κ2) is 6.63. The van der Waals surface area contributed by atoms with Crippen molar-refractivity contribution in [3.63, 3.8) is 0 Å². The van der Waals surface area contributed by atoms with Gasteiger partial charge in [-0.3, -0.25) is 0 Å². The molecule has 0 fully saturated rings. The van der Waals surface area contributed by atoms with Crippen LogP contribution in [0.15, 0.2) is 81.7 Å². The Bertz CT molecular complexity index is 737. The van der Waals surface area contributed by atoms with Crippen molar-refractivity contribution in [2.75, 3.05) is 0 Å². The Morgan fingerprint density at radius 1 is 0.619 bits per heavy atom. The number of halogens is 2. The summed E-state index contributed by atoms with van der Waals surface area (Å²) in [5, 5.41) is 0. The first kappa shape index (κ1) is 14.6. The Morgan fingerprint density at radius 2 is 1.29 bits per heavy atom. The van der Waals surface area contributed by atoms with Crippen LogP contribution in [0.1, 0.15) is 0 Å². The van der Waals surface area contributed by atoms with Crippen LogP contribution in [-0.4, -0.2) is 7.28 Å². The smallest absolute Gasteiger partial charge is 0.0785 e. The second-order valence-corrected chi connectivity index (χ2v) is 6.60. The molecule has 0 heterocycles. The van der Waals surface area contributed by atoms with Crippen molar-refractivity contribution in [3.05, 3.63) is 81.7 Å². The molecule has 0 aliphatic heterocycles. The largest absolute Gasteiger partial charge is 0.193 e. The summed E-state index contributed by atoms with van der Waals surface area (Å²) >= 11 is 7.20. The van der Waals surface area contributed by atoms with Gasteiger partial charge in [-0.25, -0.2) is 0 Å². The lowest BCUT2D eigenvalue weighted by Crippen LogP contribution is -2.27. The summed E-state index contributed by atoms with van der Waals surface area (Å²) in [6.07, 6.45) is 0. The summed E-state index contributed by atoms with van der Waals surface area (Å²) in [6.45, 7) is 0. The maximum absolute atomic E-state index is 3.64. The van der Waals surface area contributed by atoms with Gasteiger partial charge in [0, 0.05) is 8.95 Å². The Morgan fingerprint density at radius 3 is 2.00 bits per heavy atom. The molecule has 0 spiro atoms. The third kappa shape index (κ3) is 3.48. The molecule has 0 saturated heterocycles. The zero-order valence-corrected chi connectivity index (χ0v) is 14.6. The van der Waals surface area contributed by atoms with Crippen LogP contribution in [0.4, 0.5) is 0 Å². The third-order valence-electron chi connectivity index (χ3n) is 3.49. The fourth-order valence-electron chi connectivity index (χ4n) is 2.35. The van der Waals surface area contributed by atoms with Crippen molar-refractivity contribution in [1.82, 2.24) is 0 Å². The molecule has 0 nitrogen and oxygen atoms in total. The molecule has 0 amide bonds. The molecule has 102 valence electrons. The van der Waals surface area contributed by atoms with E-state index >= 15 is 0 Å². The first-order chi connectivity index (χ1) is 10.2. The van der Waals surface area contributed by atoms with E-state index in [2.05, 4.69) is 92.5 Å². The van der Waals surface area contributed by atoms with Crippen molar-refractivity contribution in [2.45, 2.75) is 0 Å². The highest BCUT2D eigenvalue weighted by Crippen LogP contribution is 2.20. The van der Waals surface area contributed by atoms with Crippen molar-refractivity contribution < 1.29 is 0 Å². The molecule has 0 N–H and O–H groups in total. The van der Waals surface area contributed by atoms with Gasteiger partial charge in [0.15, 0.2) is 7.28 Å². The van der Waals surface area contributed by atoms with E-state index in [0.29, 0.717) is 0 Å². The third-order valence-corrected chi connectivity index (χ3v) is 5.62. The Hall–Kier alpha value is -1.32. The van der Waals surface area contributed by atoms with Crippen LogP contribution in [0.5, 0.6) is 0 Å². The molecule has 0 saturated carbocycles. The molecule has 0 unspecified atom stereocenters. The molecule has 0 atom stereocenters. The van der Waals surface area contributed by atoms with Crippen LogP contribution >= 0.6 is 31.9 Å².